The molecule has 0 amide bonds. The van der Waals surface area contributed by atoms with E-state index >= 15 is 0 Å². The van der Waals surface area contributed by atoms with Crippen molar-refractivity contribution < 1.29 is 17.9 Å². The molecule has 23 heavy (non-hydrogen) atoms. The minimum Gasteiger partial charge on any atom is -0.478 e. The molecule has 0 fully saturated rings. The molecule has 0 aliphatic rings. The summed E-state index contributed by atoms with van der Waals surface area (Å²) in [5.41, 5.74) is -0.836. The van der Waals surface area contributed by atoms with E-state index in [1.165, 1.54) is 50.8 Å². The van der Waals surface area contributed by atoms with E-state index in [4.69, 9.17) is 4.74 Å². The van der Waals surface area contributed by atoms with Crippen LogP contribution in [0.4, 0.5) is 13.2 Å². The first-order valence-electron chi connectivity index (χ1n) is 8.62. The molecule has 0 aliphatic heterocycles. The van der Waals surface area contributed by atoms with Crippen LogP contribution in [0.2, 0.25) is 0 Å². The van der Waals surface area contributed by atoms with E-state index in [0.717, 1.165) is 6.07 Å². The molecule has 0 unspecified atom stereocenters. The largest absolute Gasteiger partial charge is 0.478 e. The highest BCUT2D eigenvalue weighted by Gasteiger charge is 2.34. The van der Waals surface area contributed by atoms with Crippen LogP contribution in [0.25, 0.3) is 0 Å². The third-order valence-electron chi connectivity index (χ3n) is 2.81. The summed E-state index contributed by atoms with van der Waals surface area (Å²) in [5, 5.41) is 0. The average molecular weight is 335 g/mol. The second-order valence-corrected chi connectivity index (χ2v) is 4.70. The summed E-state index contributed by atoms with van der Waals surface area (Å²) in [6.45, 7) is 10.3. The molecule has 0 aliphatic carbocycles. The molecule has 0 atom stereocenters. The fourth-order valence-electron chi connectivity index (χ4n) is 1.71. The van der Waals surface area contributed by atoms with Crippen LogP contribution in [-0.2, 0) is 6.18 Å². The second-order valence-electron chi connectivity index (χ2n) is 4.70. The first kappa shape index (κ1) is 24.0. The van der Waals surface area contributed by atoms with Crippen LogP contribution >= 0.6 is 0 Å². The molecular formula is C18H32F3NO. The minimum absolute atomic E-state index is 0.167. The van der Waals surface area contributed by atoms with Crippen molar-refractivity contribution in [3.63, 3.8) is 0 Å². The lowest BCUT2D eigenvalue weighted by atomic mass is 10.1. The summed E-state index contributed by atoms with van der Waals surface area (Å²) in [6.07, 6.45) is 5.35. The molecule has 1 aromatic rings. The standard InChI is InChI=1S/C8H8F3NO.C8H18.C2H6/c1-2-13-7-6(8(9,10)11)4-3-5-12-7;1-3-5-7-8-6-4-2;1-2/h3-5H,2H2,1H3;3-8H2,1-2H3;1-2H3. The van der Waals surface area contributed by atoms with E-state index < -0.39 is 11.7 Å². The number of unbranched alkanes of at least 4 members (excludes halogenated alkanes) is 5. The van der Waals surface area contributed by atoms with Gasteiger partial charge in [0.05, 0.1) is 6.61 Å². The Kier molecular flexibility index (Phi) is 16.3. The third-order valence-corrected chi connectivity index (χ3v) is 2.81. The molecule has 0 bridgehead atoms. The van der Waals surface area contributed by atoms with E-state index in [1.807, 2.05) is 13.8 Å². The zero-order valence-electron chi connectivity index (χ0n) is 15.2. The number of pyridine rings is 1. The molecule has 1 heterocycles. The minimum atomic E-state index is -4.40. The number of halogens is 3. The smallest absolute Gasteiger partial charge is 0.421 e. The van der Waals surface area contributed by atoms with Gasteiger partial charge in [-0.05, 0) is 19.1 Å². The van der Waals surface area contributed by atoms with Gasteiger partial charge in [-0.1, -0.05) is 66.2 Å². The number of rotatable bonds is 7. The Bertz CT molecular complexity index is 362. The summed E-state index contributed by atoms with van der Waals surface area (Å²) >= 11 is 0. The molecule has 1 rings (SSSR count). The van der Waals surface area contributed by atoms with E-state index in [1.54, 1.807) is 6.92 Å². The first-order valence-corrected chi connectivity index (χ1v) is 8.62. The van der Waals surface area contributed by atoms with E-state index in [2.05, 4.69) is 18.8 Å². The summed E-state index contributed by atoms with van der Waals surface area (Å²) in [7, 11) is 0. The van der Waals surface area contributed by atoms with Crippen molar-refractivity contribution in [2.24, 2.45) is 0 Å². The maximum atomic E-state index is 12.3. The van der Waals surface area contributed by atoms with Crippen molar-refractivity contribution in [3.8, 4) is 5.88 Å². The van der Waals surface area contributed by atoms with Gasteiger partial charge >= 0.3 is 6.18 Å². The number of hydrogen-bond donors (Lipinski definition) is 0. The maximum absolute atomic E-state index is 12.3. The summed E-state index contributed by atoms with van der Waals surface area (Å²) in [5.74, 6) is -0.363. The van der Waals surface area contributed by atoms with Crippen molar-refractivity contribution in [2.45, 2.75) is 79.3 Å². The van der Waals surface area contributed by atoms with Gasteiger partial charge in [-0.25, -0.2) is 4.98 Å². The van der Waals surface area contributed by atoms with Crippen LogP contribution in [0.5, 0.6) is 5.88 Å². The van der Waals surface area contributed by atoms with Crippen LogP contribution in [0, 0.1) is 0 Å². The zero-order chi connectivity index (χ0) is 18.1. The SMILES string of the molecule is CC.CCCCCCCC.CCOc1ncccc1C(F)(F)F. The molecule has 0 spiro atoms. The Hall–Kier alpha value is -1.26. The van der Waals surface area contributed by atoms with Crippen molar-refractivity contribution in [1.82, 2.24) is 4.98 Å². The summed E-state index contributed by atoms with van der Waals surface area (Å²) < 4.78 is 41.5. The molecule has 0 saturated heterocycles. The Morgan fingerprint density at radius 1 is 0.957 bits per heavy atom. The molecule has 0 radical (unpaired) electrons. The van der Waals surface area contributed by atoms with Gasteiger partial charge < -0.3 is 4.74 Å². The molecule has 0 saturated carbocycles. The highest BCUT2D eigenvalue weighted by atomic mass is 19.4. The number of aromatic nitrogens is 1. The van der Waals surface area contributed by atoms with Gasteiger partial charge in [-0.15, -0.1) is 0 Å². The Morgan fingerprint density at radius 2 is 1.48 bits per heavy atom. The number of nitrogens with zero attached hydrogens (tertiary/aromatic N) is 1. The molecule has 2 nitrogen and oxygen atoms in total. The second kappa shape index (κ2) is 15.6. The zero-order valence-corrected chi connectivity index (χ0v) is 15.2. The normalized spacial score (nSPS) is 10.1. The first-order chi connectivity index (χ1) is 11.0. The van der Waals surface area contributed by atoms with Crippen molar-refractivity contribution in [3.05, 3.63) is 23.9 Å². The van der Waals surface area contributed by atoms with Gasteiger partial charge in [0.1, 0.15) is 5.56 Å². The van der Waals surface area contributed by atoms with Gasteiger partial charge in [0.15, 0.2) is 0 Å². The van der Waals surface area contributed by atoms with Crippen LogP contribution in [-0.4, -0.2) is 11.6 Å². The number of alkyl halides is 3. The van der Waals surface area contributed by atoms with Crippen molar-refractivity contribution in [1.29, 1.82) is 0 Å². The van der Waals surface area contributed by atoms with Crippen LogP contribution in [0.1, 0.15) is 78.7 Å². The number of hydrogen-bond acceptors (Lipinski definition) is 2. The summed E-state index contributed by atoms with van der Waals surface area (Å²) in [4.78, 5) is 3.49. The topological polar surface area (TPSA) is 22.1 Å². The molecule has 136 valence electrons. The van der Waals surface area contributed by atoms with Gasteiger partial charge in [-0.3, -0.25) is 0 Å². The Morgan fingerprint density at radius 3 is 1.87 bits per heavy atom. The van der Waals surface area contributed by atoms with Gasteiger partial charge in [0.2, 0.25) is 5.88 Å². The lowest BCUT2D eigenvalue weighted by Gasteiger charge is -2.10. The van der Waals surface area contributed by atoms with Crippen LogP contribution in [0.3, 0.4) is 0 Å². The highest BCUT2D eigenvalue weighted by Crippen LogP contribution is 2.34. The van der Waals surface area contributed by atoms with Crippen molar-refractivity contribution in [2.75, 3.05) is 6.61 Å². The highest BCUT2D eigenvalue weighted by molar-refractivity contribution is 5.28. The van der Waals surface area contributed by atoms with E-state index in [9.17, 15) is 13.2 Å². The fraction of sp³-hybridized carbons (Fsp3) is 0.722. The monoisotopic (exact) mass is 335 g/mol. The van der Waals surface area contributed by atoms with E-state index in [0.29, 0.717) is 0 Å². The molecular weight excluding hydrogens is 303 g/mol. The molecule has 1 aromatic heterocycles. The van der Waals surface area contributed by atoms with Gasteiger partial charge in [-0.2, -0.15) is 13.2 Å². The van der Waals surface area contributed by atoms with E-state index in [-0.39, 0.29) is 12.5 Å². The van der Waals surface area contributed by atoms with Crippen molar-refractivity contribution >= 4 is 0 Å². The predicted octanol–water partition coefficient (Wildman–Crippen LogP) is 6.89. The van der Waals surface area contributed by atoms with Crippen LogP contribution < -0.4 is 4.74 Å². The van der Waals surface area contributed by atoms with Crippen LogP contribution in [0.15, 0.2) is 18.3 Å². The molecule has 5 heteroatoms. The lowest BCUT2D eigenvalue weighted by molar-refractivity contribution is -0.139. The predicted molar refractivity (Wildman–Crippen MR) is 90.8 cm³/mol. The fourth-order valence-corrected chi connectivity index (χ4v) is 1.71. The lowest BCUT2D eigenvalue weighted by Crippen LogP contribution is -2.09. The third kappa shape index (κ3) is 12.9. The van der Waals surface area contributed by atoms with Gasteiger partial charge in [0.25, 0.3) is 0 Å². The Balaban J connectivity index is 0. The summed E-state index contributed by atoms with van der Waals surface area (Å²) in [6, 6.07) is 2.17. The Labute approximate surface area is 139 Å². The molecule has 0 N–H and O–H groups in total. The average Bonchev–Trinajstić information content (AvgIpc) is 2.54. The number of ether oxygens (including phenoxy) is 1. The molecule has 0 aromatic carbocycles. The van der Waals surface area contributed by atoms with Gasteiger partial charge in [0, 0.05) is 6.20 Å². The quantitative estimate of drug-likeness (QED) is 0.506. The maximum Gasteiger partial charge on any atom is 0.421 e.